The number of H-pyrrole nitrogens is 1. The Balaban J connectivity index is 1.39. The number of rotatable bonds is 4. The van der Waals surface area contributed by atoms with Gasteiger partial charge in [-0.25, -0.2) is 23.4 Å². The van der Waals surface area contributed by atoms with Crippen molar-refractivity contribution in [3.8, 4) is 11.4 Å². The molecule has 0 radical (unpaired) electrons. The van der Waals surface area contributed by atoms with Crippen LogP contribution in [0.1, 0.15) is 10.5 Å². The highest BCUT2D eigenvalue weighted by Gasteiger charge is 2.26. The molecule has 0 saturated carbocycles. The molecule has 4 aromatic rings. The number of fused-ring (bicyclic) bond motifs is 1. The highest BCUT2D eigenvalue weighted by atomic mass is 35.5. The molecular formula is C21H20ClN7O3S. The molecule has 0 spiro atoms. The normalized spacial score (nSPS) is 15.6. The number of nitrogens with one attached hydrogen (secondary N) is 2. The fourth-order valence-corrected chi connectivity index (χ4v) is 5.18. The van der Waals surface area contributed by atoms with Gasteiger partial charge in [0, 0.05) is 43.6 Å². The molecule has 12 heteroatoms. The summed E-state index contributed by atoms with van der Waals surface area (Å²) in [6.45, 7) is 0.363. The minimum Gasteiger partial charge on any atom is -0.349 e. The van der Waals surface area contributed by atoms with Gasteiger partial charge in [0.1, 0.15) is 11.4 Å². The number of halogens is 1. The second-order valence-electron chi connectivity index (χ2n) is 7.86. The van der Waals surface area contributed by atoms with Crippen LogP contribution in [0.15, 0.2) is 43.0 Å². The first-order chi connectivity index (χ1) is 15.8. The summed E-state index contributed by atoms with van der Waals surface area (Å²) in [5.74, 6) is 0.0875. The Labute approximate surface area is 194 Å². The molecule has 1 saturated heterocycles. The third-order valence-electron chi connectivity index (χ3n) is 5.42. The fraction of sp³-hybridized carbons (Fsp3) is 0.238. The van der Waals surface area contributed by atoms with Crippen molar-refractivity contribution >= 4 is 49.9 Å². The van der Waals surface area contributed by atoms with Crippen molar-refractivity contribution in [1.29, 1.82) is 0 Å². The number of nitrogens with zero attached hydrogens (tertiary/aromatic N) is 5. The Morgan fingerprint density at radius 1 is 1.15 bits per heavy atom. The van der Waals surface area contributed by atoms with Crippen LogP contribution >= 0.6 is 11.6 Å². The van der Waals surface area contributed by atoms with Crippen molar-refractivity contribution < 1.29 is 13.2 Å². The molecule has 0 unspecified atom stereocenters. The lowest BCUT2D eigenvalue weighted by Crippen LogP contribution is -2.43. The third kappa shape index (κ3) is 4.41. The molecule has 2 N–H and O–H groups in total. The van der Waals surface area contributed by atoms with Gasteiger partial charge >= 0.3 is 0 Å². The molecule has 3 aromatic heterocycles. The number of anilines is 2. The van der Waals surface area contributed by atoms with Gasteiger partial charge in [-0.05, 0) is 24.3 Å². The van der Waals surface area contributed by atoms with Crippen LogP contribution in [0.3, 0.4) is 0 Å². The van der Waals surface area contributed by atoms with Gasteiger partial charge in [0.2, 0.25) is 5.95 Å². The molecule has 10 nitrogen and oxygen atoms in total. The van der Waals surface area contributed by atoms with Crippen molar-refractivity contribution in [2.45, 2.75) is 0 Å². The summed E-state index contributed by atoms with van der Waals surface area (Å²) in [5.41, 5.74) is 3.05. The van der Waals surface area contributed by atoms with Crippen molar-refractivity contribution in [3.63, 3.8) is 0 Å². The number of hydrogen-bond donors (Lipinski definition) is 2. The van der Waals surface area contributed by atoms with Crippen LogP contribution in [-0.4, -0.2) is 68.3 Å². The molecule has 5 rings (SSSR count). The summed E-state index contributed by atoms with van der Waals surface area (Å²) in [5, 5.41) is 4.31. The van der Waals surface area contributed by atoms with E-state index in [9.17, 15) is 13.2 Å². The second kappa shape index (κ2) is 8.16. The molecule has 4 heterocycles. The summed E-state index contributed by atoms with van der Waals surface area (Å²) in [7, 11) is -1.18. The Morgan fingerprint density at radius 2 is 1.94 bits per heavy atom. The van der Waals surface area contributed by atoms with E-state index < -0.39 is 9.84 Å². The molecule has 0 aliphatic carbocycles. The number of amides is 1. The summed E-state index contributed by atoms with van der Waals surface area (Å²) in [6, 6.07) is 7.05. The maximum Gasteiger partial charge on any atom is 0.270 e. The molecular weight excluding hydrogens is 466 g/mol. The van der Waals surface area contributed by atoms with E-state index in [4.69, 9.17) is 11.6 Å². The molecule has 170 valence electrons. The molecule has 1 fully saturated rings. The van der Waals surface area contributed by atoms with E-state index in [-0.39, 0.29) is 30.5 Å². The van der Waals surface area contributed by atoms with Gasteiger partial charge in [-0.1, -0.05) is 11.6 Å². The lowest BCUT2D eigenvalue weighted by Gasteiger charge is -2.26. The number of carbonyl (C=O) groups excluding carboxylic acids is 1. The number of aryl methyl sites for hydroxylation is 1. The first-order valence-electron chi connectivity index (χ1n) is 10.2. The Morgan fingerprint density at radius 3 is 2.67 bits per heavy atom. The third-order valence-corrected chi connectivity index (χ3v) is 7.33. The molecule has 1 aromatic carbocycles. The topological polar surface area (TPSA) is 126 Å². The summed E-state index contributed by atoms with van der Waals surface area (Å²) in [4.78, 5) is 30.5. The van der Waals surface area contributed by atoms with Gasteiger partial charge < -0.3 is 19.8 Å². The van der Waals surface area contributed by atoms with Crippen LogP contribution in [0.2, 0.25) is 5.02 Å². The number of aromatic nitrogens is 5. The van der Waals surface area contributed by atoms with Crippen molar-refractivity contribution in [1.82, 2.24) is 29.4 Å². The number of sulfone groups is 1. The van der Waals surface area contributed by atoms with E-state index in [1.807, 2.05) is 23.9 Å². The lowest BCUT2D eigenvalue weighted by atomic mass is 10.2. The number of carbonyl (C=O) groups is 1. The standard InChI is InChI=1S/C21H20ClN7O3S/c1-28-11-18(24-12-28)16-2-3-23-21(27-16)25-14-8-13-9-17(26-19(13)15(22)10-14)20(30)29-4-6-33(31,32)7-5-29/h2-3,8-12,26H,4-7H2,1H3,(H,23,25,27). The lowest BCUT2D eigenvalue weighted by molar-refractivity contribution is 0.0765. The highest BCUT2D eigenvalue weighted by molar-refractivity contribution is 7.91. The predicted octanol–water partition coefficient (Wildman–Crippen LogP) is 2.63. The number of hydrogen-bond acceptors (Lipinski definition) is 7. The average Bonchev–Trinajstić information content (AvgIpc) is 3.40. The zero-order valence-corrected chi connectivity index (χ0v) is 19.2. The Hall–Kier alpha value is -3.44. The molecule has 0 atom stereocenters. The second-order valence-corrected chi connectivity index (χ2v) is 10.6. The summed E-state index contributed by atoms with van der Waals surface area (Å²) in [6.07, 6.45) is 5.21. The Bertz CT molecular complexity index is 1460. The van der Waals surface area contributed by atoms with E-state index in [1.54, 1.807) is 30.7 Å². The predicted molar refractivity (Wildman–Crippen MR) is 125 cm³/mol. The van der Waals surface area contributed by atoms with Crippen LogP contribution in [0.5, 0.6) is 0 Å². The molecule has 1 aliphatic rings. The minimum atomic E-state index is -3.07. The quantitative estimate of drug-likeness (QED) is 0.455. The summed E-state index contributed by atoms with van der Waals surface area (Å²) >= 11 is 6.47. The monoisotopic (exact) mass is 485 g/mol. The molecule has 33 heavy (non-hydrogen) atoms. The fourth-order valence-electron chi connectivity index (χ4n) is 3.71. The molecule has 1 amide bonds. The number of benzene rings is 1. The van der Waals surface area contributed by atoms with Gasteiger partial charge in [0.25, 0.3) is 5.91 Å². The van der Waals surface area contributed by atoms with Crippen molar-refractivity contribution in [2.24, 2.45) is 7.05 Å². The average molecular weight is 486 g/mol. The van der Waals surface area contributed by atoms with Crippen LogP contribution in [0.25, 0.3) is 22.3 Å². The van der Waals surface area contributed by atoms with E-state index >= 15 is 0 Å². The first kappa shape index (κ1) is 21.4. The van der Waals surface area contributed by atoms with Crippen LogP contribution in [0.4, 0.5) is 11.6 Å². The molecule has 1 aliphatic heterocycles. The zero-order chi connectivity index (χ0) is 23.2. The maximum absolute atomic E-state index is 12.9. The van der Waals surface area contributed by atoms with E-state index in [0.29, 0.717) is 33.6 Å². The number of aromatic amines is 1. The first-order valence-corrected chi connectivity index (χ1v) is 12.4. The highest BCUT2D eigenvalue weighted by Crippen LogP contribution is 2.30. The van der Waals surface area contributed by atoms with Gasteiger partial charge in [-0.2, -0.15) is 0 Å². The van der Waals surface area contributed by atoms with Crippen molar-refractivity contribution in [2.75, 3.05) is 29.9 Å². The van der Waals surface area contributed by atoms with Crippen LogP contribution in [0, 0.1) is 0 Å². The van der Waals surface area contributed by atoms with Gasteiger partial charge in [0.15, 0.2) is 9.84 Å². The molecule has 0 bridgehead atoms. The summed E-state index contributed by atoms with van der Waals surface area (Å²) < 4.78 is 25.1. The van der Waals surface area contributed by atoms with Crippen LogP contribution < -0.4 is 5.32 Å². The van der Waals surface area contributed by atoms with Crippen molar-refractivity contribution in [3.05, 3.63) is 53.7 Å². The van der Waals surface area contributed by atoms with Crippen LogP contribution in [-0.2, 0) is 16.9 Å². The van der Waals surface area contributed by atoms with Gasteiger partial charge in [-0.3, -0.25) is 4.79 Å². The SMILES string of the molecule is Cn1cnc(-c2ccnc(Nc3cc(Cl)c4[nH]c(C(=O)N5CCS(=O)(=O)CC5)cc4c3)n2)c1. The van der Waals surface area contributed by atoms with Gasteiger partial charge in [-0.15, -0.1) is 0 Å². The zero-order valence-electron chi connectivity index (χ0n) is 17.6. The number of imidazole rings is 1. The Kier molecular flexibility index (Phi) is 5.29. The minimum absolute atomic E-state index is 0.0225. The van der Waals surface area contributed by atoms with E-state index in [1.165, 1.54) is 4.90 Å². The smallest absolute Gasteiger partial charge is 0.270 e. The largest absolute Gasteiger partial charge is 0.349 e. The maximum atomic E-state index is 12.9. The van der Waals surface area contributed by atoms with E-state index in [2.05, 4.69) is 25.3 Å². The van der Waals surface area contributed by atoms with E-state index in [0.717, 1.165) is 11.1 Å². The van der Waals surface area contributed by atoms with Gasteiger partial charge in [0.05, 0.1) is 34.1 Å².